The molecule has 19 heavy (non-hydrogen) atoms. The molecule has 5 heteroatoms. The molecule has 0 saturated carbocycles. The maximum Gasteiger partial charge on any atom is 0.129 e. The molecule has 0 aromatic heterocycles. The molecule has 0 spiro atoms. The van der Waals surface area contributed by atoms with Crippen LogP contribution in [-0.4, -0.2) is 0 Å². The highest BCUT2D eigenvalue weighted by atomic mass is 79.9. The van der Waals surface area contributed by atoms with Crippen LogP contribution in [0, 0.1) is 18.6 Å². The number of aryl methyl sites for hydroxylation is 1. The highest BCUT2D eigenvalue weighted by Crippen LogP contribution is 2.28. The van der Waals surface area contributed by atoms with Crippen LogP contribution in [0.4, 0.5) is 8.78 Å². The predicted octanol–water partition coefficient (Wildman–Crippen LogP) is 3.59. The van der Waals surface area contributed by atoms with Crippen molar-refractivity contribution in [2.45, 2.75) is 13.0 Å². The van der Waals surface area contributed by atoms with E-state index in [9.17, 15) is 8.78 Å². The van der Waals surface area contributed by atoms with Gasteiger partial charge in [-0.15, -0.1) is 0 Å². The van der Waals surface area contributed by atoms with Gasteiger partial charge >= 0.3 is 0 Å². The van der Waals surface area contributed by atoms with Crippen LogP contribution in [0.5, 0.6) is 0 Å². The van der Waals surface area contributed by atoms with Crippen molar-refractivity contribution in [3.63, 3.8) is 0 Å². The summed E-state index contributed by atoms with van der Waals surface area (Å²) in [5.41, 5.74) is 4.45. The Morgan fingerprint density at radius 1 is 1.11 bits per heavy atom. The molecule has 0 amide bonds. The van der Waals surface area contributed by atoms with E-state index >= 15 is 0 Å². The van der Waals surface area contributed by atoms with Crippen LogP contribution in [0.1, 0.15) is 22.7 Å². The SMILES string of the molecule is Cc1cc(F)ccc1C(NN)c1ccc(Br)cc1F. The molecule has 0 aliphatic heterocycles. The summed E-state index contributed by atoms with van der Waals surface area (Å²) in [6, 6.07) is 8.58. The van der Waals surface area contributed by atoms with Gasteiger partial charge in [-0.2, -0.15) is 0 Å². The zero-order chi connectivity index (χ0) is 14.0. The smallest absolute Gasteiger partial charge is 0.129 e. The van der Waals surface area contributed by atoms with E-state index in [1.54, 1.807) is 25.1 Å². The number of rotatable bonds is 3. The van der Waals surface area contributed by atoms with E-state index < -0.39 is 6.04 Å². The average Bonchev–Trinajstić information content (AvgIpc) is 2.34. The standard InChI is InChI=1S/C14H13BrF2N2/c1-8-6-10(16)3-5-11(8)14(19-18)12-4-2-9(15)7-13(12)17/h2-7,14,19H,18H2,1H3. The number of hydrazine groups is 1. The number of benzene rings is 2. The van der Waals surface area contributed by atoms with Gasteiger partial charge in [0.25, 0.3) is 0 Å². The first-order valence-electron chi connectivity index (χ1n) is 5.70. The van der Waals surface area contributed by atoms with Gasteiger partial charge in [0.05, 0.1) is 6.04 Å². The van der Waals surface area contributed by atoms with Crippen molar-refractivity contribution in [2.75, 3.05) is 0 Å². The number of hydrogen-bond donors (Lipinski definition) is 2. The first-order valence-corrected chi connectivity index (χ1v) is 6.49. The lowest BCUT2D eigenvalue weighted by Crippen LogP contribution is -2.30. The van der Waals surface area contributed by atoms with E-state index in [1.807, 2.05) is 0 Å². The minimum Gasteiger partial charge on any atom is -0.271 e. The van der Waals surface area contributed by atoms with E-state index in [-0.39, 0.29) is 11.6 Å². The molecule has 3 N–H and O–H groups in total. The second kappa shape index (κ2) is 5.77. The second-order valence-electron chi connectivity index (χ2n) is 4.27. The Labute approximate surface area is 118 Å². The minimum absolute atomic E-state index is 0.326. The number of nitrogens with two attached hydrogens (primary N) is 1. The third-order valence-corrected chi connectivity index (χ3v) is 3.48. The van der Waals surface area contributed by atoms with Gasteiger partial charge in [0.1, 0.15) is 11.6 Å². The predicted molar refractivity (Wildman–Crippen MR) is 74.4 cm³/mol. The summed E-state index contributed by atoms with van der Waals surface area (Å²) < 4.78 is 27.8. The van der Waals surface area contributed by atoms with Crippen molar-refractivity contribution in [2.24, 2.45) is 5.84 Å². The van der Waals surface area contributed by atoms with Crippen LogP contribution >= 0.6 is 15.9 Å². The van der Waals surface area contributed by atoms with E-state index in [0.29, 0.717) is 15.6 Å². The molecule has 0 radical (unpaired) electrons. The van der Waals surface area contributed by atoms with Crippen molar-refractivity contribution in [3.05, 3.63) is 69.2 Å². The van der Waals surface area contributed by atoms with Crippen LogP contribution in [0.25, 0.3) is 0 Å². The Balaban J connectivity index is 2.50. The van der Waals surface area contributed by atoms with Gasteiger partial charge in [0.15, 0.2) is 0 Å². The topological polar surface area (TPSA) is 38.0 Å². The van der Waals surface area contributed by atoms with Crippen LogP contribution in [0.3, 0.4) is 0 Å². The monoisotopic (exact) mass is 326 g/mol. The summed E-state index contributed by atoms with van der Waals surface area (Å²) in [5, 5.41) is 0. The summed E-state index contributed by atoms with van der Waals surface area (Å²) in [5.74, 6) is 4.83. The lowest BCUT2D eigenvalue weighted by Gasteiger charge is -2.19. The zero-order valence-electron chi connectivity index (χ0n) is 10.3. The second-order valence-corrected chi connectivity index (χ2v) is 5.18. The fourth-order valence-electron chi connectivity index (χ4n) is 2.05. The van der Waals surface area contributed by atoms with Crippen LogP contribution in [-0.2, 0) is 0 Å². The van der Waals surface area contributed by atoms with Crippen molar-refractivity contribution in [1.29, 1.82) is 0 Å². The Hall–Kier alpha value is -1.30. The largest absolute Gasteiger partial charge is 0.271 e. The molecule has 1 unspecified atom stereocenters. The van der Waals surface area contributed by atoms with Crippen molar-refractivity contribution < 1.29 is 8.78 Å². The van der Waals surface area contributed by atoms with Crippen molar-refractivity contribution in [1.82, 2.24) is 5.43 Å². The maximum atomic E-state index is 14.0. The molecule has 0 heterocycles. The van der Waals surface area contributed by atoms with Gasteiger partial charge < -0.3 is 0 Å². The molecule has 0 aliphatic carbocycles. The molecular formula is C14H13BrF2N2. The summed E-state index contributed by atoms with van der Waals surface area (Å²) in [4.78, 5) is 0. The molecule has 2 aromatic rings. The molecule has 0 bridgehead atoms. The minimum atomic E-state index is -0.520. The fraction of sp³-hybridized carbons (Fsp3) is 0.143. The molecular weight excluding hydrogens is 314 g/mol. The van der Waals surface area contributed by atoms with Crippen molar-refractivity contribution >= 4 is 15.9 Å². The summed E-state index contributed by atoms with van der Waals surface area (Å²) in [6.07, 6.45) is 0. The Morgan fingerprint density at radius 2 is 1.79 bits per heavy atom. The third kappa shape index (κ3) is 3.00. The lowest BCUT2D eigenvalue weighted by atomic mass is 9.95. The van der Waals surface area contributed by atoms with E-state index in [4.69, 9.17) is 5.84 Å². The molecule has 0 fully saturated rings. The van der Waals surface area contributed by atoms with Crippen LogP contribution < -0.4 is 11.3 Å². The number of hydrogen-bond acceptors (Lipinski definition) is 2. The molecule has 0 saturated heterocycles. The fourth-order valence-corrected chi connectivity index (χ4v) is 2.38. The number of halogens is 3. The van der Waals surface area contributed by atoms with E-state index in [2.05, 4.69) is 21.4 Å². The van der Waals surface area contributed by atoms with Gasteiger partial charge in [0.2, 0.25) is 0 Å². The highest BCUT2D eigenvalue weighted by molar-refractivity contribution is 9.10. The third-order valence-electron chi connectivity index (χ3n) is 2.98. The van der Waals surface area contributed by atoms with E-state index in [1.165, 1.54) is 18.2 Å². The molecule has 2 aromatic carbocycles. The van der Waals surface area contributed by atoms with E-state index in [0.717, 1.165) is 5.56 Å². The average molecular weight is 327 g/mol. The quantitative estimate of drug-likeness (QED) is 0.668. The molecule has 0 aliphatic rings. The summed E-state index contributed by atoms with van der Waals surface area (Å²) in [6.45, 7) is 1.76. The Bertz CT molecular complexity index is 550. The van der Waals surface area contributed by atoms with Crippen LogP contribution in [0.2, 0.25) is 0 Å². The Kier molecular flexibility index (Phi) is 4.29. The zero-order valence-corrected chi connectivity index (χ0v) is 11.8. The molecule has 2 nitrogen and oxygen atoms in total. The molecule has 100 valence electrons. The maximum absolute atomic E-state index is 14.0. The first kappa shape index (κ1) is 14.1. The lowest BCUT2D eigenvalue weighted by molar-refractivity contribution is 0.556. The Morgan fingerprint density at radius 3 is 2.37 bits per heavy atom. The van der Waals surface area contributed by atoms with Gasteiger partial charge in [-0.25, -0.2) is 14.2 Å². The summed E-state index contributed by atoms with van der Waals surface area (Å²) in [7, 11) is 0. The van der Waals surface area contributed by atoms with Gasteiger partial charge in [-0.05, 0) is 42.3 Å². The van der Waals surface area contributed by atoms with Crippen molar-refractivity contribution in [3.8, 4) is 0 Å². The normalized spacial score (nSPS) is 12.5. The summed E-state index contributed by atoms with van der Waals surface area (Å²) >= 11 is 3.21. The number of nitrogens with one attached hydrogen (secondary N) is 1. The van der Waals surface area contributed by atoms with Crippen LogP contribution in [0.15, 0.2) is 40.9 Å². The molecule has 1 atom stereocenters. The first-order chi connectivity index (χ1) is 9.02. The van der Waals surface area contributed by atoms with Gasteiger partial charge in [-0.3, -0.25) is 5.84 Å². The van der Waals surface area contributed by atoms with Gasteiger partial charge in [-0.1, -0.05) is 28.1 Å². The van der Waals surface area contributed by atoms with Gasteiger partial charge in [0, 0.05) is 10.0 Å². The molecule has 2 rings (SSSR count). The highest BCUT2D eigenvalue weighted by Gasteiger charge is 2.18.